The summed E-state index contributed by atoms with van der Waals surface area (Å²) in [6.45, 7) is 5.54. The zero-order chi connectivity index (χ0) is 35.0. The molecule has 4 aromatic rings. The molecule has 1 aliphatic rings. The summed E-state index contributed by atoms with van der Waals surface area (Å²) in [6, 6.07) is 24.0. The Labute approximate surface area is 282 Å². The molecule has 2 heterocycles. The molecule has 0 fully saturated rings. The lowest BCUT2D eigenvalue weighted by atomic mass is 9.98. The number of nitrogens with zero attached hydrogens (tertiary/aromatic N) is 3. The molecule has 13 heteroatoms. The van der Waals surface area contributed by atoms with E-state index in [9.17, 15) is 19.2 Å². The Hall–Kier alpha value is -6.08. The fourth-order valence-electron chi connectivity index (χ4n) is 5.38. The van der Waals surface area contributed by atoms with Crippen molar-refractivity contribution in [2.75, 3.05) is 11.4 Å². The number of amides is 3. The molecule has 0 bridgehead atoms. The van der Waals surface area contributed by atoms with Crippen molar-refractivity contribution in [3.63, 3.8) is 0 Å². The van der Waals surface area contributed by atoms with Crippen LogP contribution in [0.3, 0.4) is 0 Å². The van der Waals surface area contributed by atoms with Crippen LogP contribution in [0.25, 0.3) is 0 Å². The Kier molecular flexibility index (Phi) is 10.6. The van der Waals surface area contributed by atoms with Crippen LogP contribution in [0, 0.1) is 5.41 Å². The normalized spacial score (nSPS) is 16.2. The number of anilines is 1. The van der Waals surface area contributed by atoms with Gasteiger partial charge in [0.2, 0.25) is 5.91 Å². The number of hydrogen-bond donors (Lipinski definition) is 4. The fourth-order valence-corrected chi connectivity index (χ4v) is 5.38. The first-order chi connectivity index (χ1) is 23.6. The lowest BCUT2D eigenvalue weighted by Gasteiger charge is -2.22. The van der Waals surface area contributed by atoms with Crippen molar-refractivity contribution in [3.8, 4) is 0 Å². The number of hydrogen-bond acceptors (Lipinski definition) is 9. The molecular weight excluding hydrogens is 626 g/mol. The maximum atomic E-state index is 13.9. The molecule has 0 radical (unpaired) electrons. The van der Waals surface area contributed by atoms with E-state index >= 15 is 0 Å². The highest BCUT2D eigenvalue weighted by atomic mass is 16.6. The second-order valence-corrected chi connectivity index (χ2v) is 11.7. The molecule has 13 nitrogen and oxygen atoms in total. The number of carbonyl (C=O) groups excluding carboxylic acids is 3. The van der Waals surface area contributed by atoms with Gasteiger partial charge in [0.15, 0.2) is 0 Å². The molecule has 1 aromatic heterocycles. The third kappa shape index (κ3) is 8.26. The Balaban J connectivity index is 1.23. The largest absolute Gasteiger partial charge is 0.444 e. The number of benzene rings is 3. The van der Waals surface area contributed by atoms with E-state index in [-0.39, 0.29) is 50.1 Å². The first-order valence-corrected chi connectivity index (χ1v) is 15.5. The number of nitrogens with two attached hydrogens (primary N) is 1. The number of carbonyl (C=O) groups is 3. The van der Waals surface area contributed by atoms with Crippen LogP contribution in [0.4, 0.5) is 15.3 Å². The summed E-state index contributed by atoms with van der Waals surface area (Å²) in [7, 11) is 0. The molecule has 0 spiro atoms. The molecule has 0 saturated heterocycles. The topological polar surface area (TPSA) is 182 Å². The van der Waals surface area contributed by atoms with Gasteiger partial charge in [-0.3, -0.25) is 29.8 Å². The minimum atomic E-state index is -1.09. The minimum absolute atomic E-state index is 0.00115. The predicted molar refractivity (Wildman–Crippen MR) is 183 cm³/mol. The van der Waals surface area contributed by atoms with Gasteiger partial charge >= 0.3 is 12.2 Å². The van der Waals surface area contributed by atoms with Gasteiger partial charge in [-0.25, -0.2) is 14.6 Å². The molecule has 3 amide bonds. The van der Waals surface area contributed by atoms with Gasteiger partial charge in [-0.15, -0.1) is 6.58 Å². The van der Waals surface area contributed by atoms with Gasteiger partial charge in [0, 0.05) is 25.1 Å². The smallest absolute Gasteiger partial charge is 0.415 e. The summed E-state index contributed by atoms with van der Waals surface area (Å²) in [5.74, 6) is -0.385. The van der Waals surface area contributed by atoms with Crippen LogP contribution in [-0.2, 0) is 39.6 Å². The summed E-state index contributed by atoms with van der Waals surface area (Å²) in [5, 5.41) is 13.5. The van der Waals surface area contributed by atoms with Crippen molar-refractivity contribution >= 4 is 29.6 Å². The maximum Gasteiger partial charge on any atom is 0.415 e. The zero-order valence-corrected chi connectivity index (χ0v) is 26.9. The number of amidine groups is 1. The Morgan fingerprint density at radius 2 is 1.61 bits per heavy atom. The number of alkyl carbamates (subject to hydrolysis) is 1. The van der Waals surface area contributed by atoms with E-state index in [1.807, 2.05) is 60.7 Å². The second-order valence-electron chi connectivity index (χ2n) is 11.7. The van der Waals surface area contributed by atoms with E-state index in [4.69, 9.17) is 20.6 Å². The van der Waals surface area contributed by atoms with Crippen LogP contribution in [-0.4, -0.2) is 40.0 Å². The number of aromatic nitrogens is 2. The molecule has 0 saturated carbocycles. The van der Waals surface area contributed by atoms with Crippen molar-refractivity contribution in [3.05, 3.63) is 142 Å². The van der Waals surface area contributed by atoms with Gasteiger partial charge in [-0.05, 0) is 23.6 Å². The predicted octanol–water partition coefficient (Wildman–Crippen LogP) is 4.26. The Morgan fingerprint density at radius 1 is 1.00 bits per heavy atom. The van der Waals surface area contributed by atoms with Crippen LogP contribution < -0.4 is 26.8 Å². The monoisotopic (exact) mass is 663 g/mol. The summed E-state index contributed by atoms with van der Waals surface area (Å²) >= 11 is 0. The summed E-state index contributed by atoms with van der Waals surface area (Å²) < 4.78 is 11.9. The van der Waals surface area contributed by atoms with Crippen LogP contribution >= 0.6 is 0 Å². The van der Waals surface area contributed by atoms with Crippen LogP contribution in [0.2, 0.25) is 0 Å². The minimum Gasteiger partial charge on any atom is -0.444 e. The van der Waals surface area contributed by atoms with Crippen molar-refractivity contribution in [1.82, 2.24) is 20.2 Å². The third-order valence-corrected chi connectivity index (χ3v) is 7.89. The first-order valence-electron chi connectivity index (χ1n) is 15.5. The quantitative estimate of drug-likeness (QED) is 0.104. The summed E-state index contributed by atoms with van der Waals surface area (Å²) in [4.78, 5) is 58.2. The van der Waals surface area contributed by atoms with E-state index < -0.39 is 35.2 Å². The molecule has 2 atom stereocenters. The van der Waals surface area contributed by atoms with E-state index in [0.29, 0.717) is 11.1 Å². The Bertz CT molecular complexity index is 1890. The van der Waals surface area contributed by atoms with E-state index in [2.05, 4.69) is 22.2 Å². The first kappa shape index (κ1) is 34.3. The molecule has 5 N–H and O–H groups in total. The van der Waals surface area contributed by atoms with Gasteiger partial charge in [0.05, 0.1) is 11.7 Å². The number of nitrogens with one attached hydrogen (secondary N) is 3. The van der Waals surface area contributed by atoms with Gasteiger partial charge < -0.3 is 20.5 Å². The lowest BCUT2D eigenvalue weighted by Crippen LogP contribution is -2.41. The molecule has 252 valence electrons. The van der Waals surface area contributed by atoms with Crippen LogP contribution in [0.5, 0.6) is 0 Å². The van der Waals surface area contributed by atoms with E-state index in [1.54, 1.807) is 31.2 Å². The lowest BCUT2D eigenvalue weighted by molar-refractivity contribution is -0.124. The molecule has 0 aliphatic carbocycles. The fraction of sp³-hybridized carbons (Fsp3) is 0.222. The molecular formula is C36H37N7O6. The van der Waals surface area contributed by atoms with Gasteiger partial charge in [0.1, 0.15) is 36.6 Å². The molecule has 3 aromatic carbocycles. The Morgan fingerprint density at radius 3 is 2.22 bits per heavy atom. The molecule has 5 rings (SSSR count). The molecule has 2 unspecified atom stereocenters. The van der Waals surface area contributed by atoms with E-state index in [1.165, 1.54) is 16.8 Å². The second kappa shape index (κ2) is 15.2. The highest BCUT2D eigenvalue weighted by Crippen LogP contribution is 2.35. The average Bonchev–Trinajstić information content (AvgIpc) is 3.40. The maximum absolute atomic E-state index is 13.9. The molecule has 49 heavy (non-hydrogen) atoms. The van der Waals surface area contributed by atoms with Crippen LogP contribution in [0.1, 0.15) is 47.5 Å². The highest BCUT2D eigenvalue weighted by molar-refractivity contribution is 6.04. The van der Waals surface area contributed by atoms with Crippen molar-refractivity contribution in [2.24, 2.45) is 5.73 Å². The van der Waals surface area contributed by atoms with Crippen molar-refractivity contribution < 1.29 is 23.9 Å². The van der Waals surface area contributed by atoms with Crippen molar-refractivity contribution in [2.45, 2.75) is 44.7 Å². The number of ether oxygens (including phenoxy) is 2. The standard InChI is InChI=1S/C36H37N7O6/c1-3-18-42(35(47)49-23-26-12-8-5-9-13-26)29-21-40-33-36(2,38)19-28(43(33)32(29)45)31(44)39-20-24-14-16-27(17-15-24)30(37)41-34(46)48-22-25-10-6-4-7-11-25/h3-17,21,28H,1,18-20,22-23,38H2,2H3,(H,39,44)(H2,37,41,46). The van der Waals surface area contributed by atoms with E-state index in [0.717, 1.165) is 16.0 Å². The molecule has 1 aliphatic heterocycles. The van der Waals surface area contributed by atoms with Gasteiger partial charge in [0.25, 0.3) is 5.56 Å². The third-order valence-electron chi connectivity index (χ3n) is 7.89. The number of fused-ring (bicyclic) bond motifs is 1. The summed E-state index contributed by atoms with van der Waals surface area (Å²) in [5.41, 5.74) is 7.46. The SMILES string of the molecule is C=CCN(C(=O)OCc1ccccc1)c1cnc2n(c1=O)C(C(=O)NCc1ccc(C(=N)NC(=O)OCc3ccccc3)cc1)CC2(C)N. The highest BCUT2D eigenvalue weighted by Gasteiger charge is 2.44. The van der Waals surface area contributed by atoms with Gasteiger partial charge in [-0.1, -0.05) is 91.0 Å². The number of rotatable bonds is 11. The zero-order valence-electron chi connectivity index (χ0n) is 26.9. The average molecular weight is 664 g/mol. The summed E-state index contributed by atoms with van der Waals surface area (Å²) in [6.07, 6.45) is 1.31. The van der Waals surface area contributed by atoms with Crippen LogP contribution in [0.15, 0.2) is 109 Å². The van der Waals surface area contributed by atoms with Gasteiger partial charge in [-0.2, -0.15) is 0 Å². The van der Waals surface area contributed by atoms with Crippen molar-refractivity contribution in [1.29, 1.82) is 5.41 Å².